The Labute approximate surface area is 276 Å². The van der Waals surface area contributed by atoms with Gasteiger partial charge in [-0.25, -0.2) is 4.79 Å². The van der Waals surface area contributed by atoms with E-state index in [1.165, 1.54) is 21.0 Å². The Bertz CT molecular complexity index is 1480. The molecule has 0 bridgehead atoms. The number of carbonyl (C=O) groups is 4. The molecule has 3 aliphatic carbocycles. The molecule has 47 heavy (non-hydrogen) atoms. The monoisotopic (exact) mass is 656 g/mol. The number of aliphatic hydroxyl groups excluding tert-OH is 1. The van der Waals surface area contributed by atoms with Crippen molar-refractivity contribution in [3.8, 4) is 0 Å². The highest BCUT2D eigenvalue weighted by atomic mass is 16.6. The molecule has 2 saturated carbocycles. The van der Waals surface area contributed by atoms with Crippen LogP contribution in [0, 0.1) is 28.1 Å². The van der Waals surface area contributed by atoms with Crippen LogP contribution in [-0.2, 0) is 42.9 Å². The lowest BCUT2D eigenvalue weighted by Crippen LogP contribution is -2.72. The molecule has 11 nitrogen and oxygen atoms in total. The first-order chi connectivity index (χ1) is 22.0. The van der Waals surface area contributed by atoms with E-state index in [-0.39, 0.29) is 25.4 Å². The number of esters is 4. The molecule has 258 valence electrons. The van der Waals surface area contributed by atoms with Gasteiger partial charge in [0.05, 0.1) is 38.5 Å². The van der Waals surface area contributed by atoms with E-state index >= 15 is 0 Å². The van der Waals surface area contributed by atoms with E-state index in [1.807, 2.05) is 33.8 Å². The van der Waals surface area contributed by atoms with Crippen LogP contribution >= 0.6 is 0 Å². The third kappa shape index (κ3) is 5.43. The molecule has 1 saturated heterocycles. The van der Waals surface area contributed by atoms with Crippen LogP contribution in [0.5, 0.6) is 0 Å². The van der Waals surface area contributed by atoms with Gasteiger partial charge in [-0.2, -0.15) is 0 Å². The second-order valence-corrected chi connectivity index (χ2v) is 14.4. The second kappa shape index (κ2) is 12.5. The highest BCUT2D eigenvalue weighted by Gasteiger charge is 2.77. The smallest absolute Gasteiger partial charge is 0.333 e. The molecule has 11 heteroatoms. The molecule has 1 unspecified atom stereocenters. The molecule has 3 fully saturated rings. The average molecular weight is 657 g/mol. The van der Waals surface area contributed by atoms with Crippen molar-refractivity contribution in [1.29, 1.82) is 0 Å². The molecule has 11 atom stereocenters. The zero-order valence-electron chi connectivity index (χ0n) is 28.8. The first kappa shape index (κ1) is 34.9. The normalized spacial score (nSPS) is 39.7. The maximum atomic E-state index is 13.7. The van der Waals surface area contributed by atoms with Crippen molar-refractivity contribution >= 4 is 23.9 Å². The van der Waals surface area contributed by atoms with Gasteiger partial charge >= 0.3 is 23.9 Å². The van der Waals surface area contributed by atoms with E-state index in [4.69, 9.17) is 28.1 Å². The second-order valence-electron chi connectivity index (χ2n) is 14.4. The summed E-state index contributed by atoms with van der Waals surface area (Å²) in [5.74, 6) is -3.45. The van der Waals surface area contributed by atoms with Crippen LogP contribution in [0.3, 0.4) is 0 Å². The third-order valence-electron chi connectivity index (χ3n) is 12.0. The Balaban J connectivity index is 1.82. The lowest BCUT2D eigenvalue weighted by molar-refractivity contribution is -0.260. The highest BCUT2D eigenvalue weighted by molar-refractivity contribution is 5.88. The molecule has 0 spiro atoms. The number of allylic oxidation sites excluding steroid dienone is 2. The van der Waals surface area contributed by atoms with E-state index in [1.54, 1.807) is 32.4 Å². The van der Waals surface area contributed by atoms with E-state index in [9.17, 15) is 24.3 Å². The molecule has 0 amide bonds. The third-order valence-corrected chi connectivity index (χ3v) is 12.0. The Hall–Kier alpha value is -3.44. The van der Waals surface area contributed by atoms with Gasteiger partial charge in [-0.1, -0.05) is 32.4 Å². The summed E-state index contributed by atoms with van der Waals surface area (Å²) < 4.78 is 35.8. The maximum absolute atomic E-state index is 13.7. The lowest BCUT2D eigenvalue weighted by Gasteiger charge is -2.66. The first-order valence-corrected chi connectivity index (χ1v) is 16.3. The summed E-state index contributed by atoms with van der Waals surface area (Å²) >= 11 is 0. The average Bonchev–Trinajstić information content (AvgIpc) is 3.73. The lowest BCUT2D eigenvalue weighted by atomic mass is 9.39. The van der Waals surface area contributed by atoms with Crippen molar-refractivity contribution < 1.29 is 52.4 Å². The summed E-state index contributed by atoms with van der Waals surface area (Å²) in [6.07, 6.45) is 1.09. The van der Waals surface area contributed by atoms with Gasteiger partial charge in [-0.15, -0.1) is 0 Å². The Morgan fingerprint density at radius 2 is 1.68 bits per heavy atom. The van der Waals surface area contributed by atoms with Gasteiger partial charge in [-0.3, -0.25) is 14.4 Å². The number of ether oxygens (including phenoxy) is 5. The minimum Gasteiger partial charge on any atom is -0.472 e. The summed E-state index contributed by atoms with van der Waals surface area (Å²) in [5.41, 5.74) is -0.205. The number of carbonyl (C=O) groups excluding carboxylic acids is 4. The van der Waals surface area contributed by atoms with E-state index in [0.29, 0.717) is 17.6 Å². The van der Waals surface area contributed by atoms with Crippen LogP contribution in [0.15, 0.2) is 45.8 Å². The summed E-state index contributed by atoms with van der Waals surface area (Å²) in [5, 5.41) is 12.0. The van der Waals surface area contributed by atoms with Crippen LogP contribution in [0.1, 0.15) is 86.1 Å². The first-order valence-electron chi connectivity index (χ1n) is 16.3. The Kier molecular flexibility index (Phi) is 9.31. The Morgan fingerprint density at radius 3 is 2.26 bits per heavy atom. The van der Waals surface area contributed by atoms with Gasteiger partial charge in [0.2, 0.25) is 0 Å². The topological polar surface area (TPSA) is 148 Å². The standard InChI is InChI=1S/C36H48O11/c1-10-18(2)33(41)47-32-30-31-34(6,17-44-30)26(45-20(4)37)15-27(46-21(5)38)35(31,7)25(14-28(40)42-9)36(32,8)29-19(3)23(13-24(29)39)22-11-12-43-16-22/h10-12,16,23-27,30-32,39H,13-15,17H2,1-9H3/b18-10+/t23?,24-,25+,26+,27-,30+,31-,32+,34+,35-,36+/m0/s1. The molecule has 4 aliphatic rings. The van der Waals surface area contributed by atoms with Crippen LogP contribution in [0.4, 0.5) is 0 Å². The molecule has 2 heterocycles. The van der Waals surface area contributed by atoms with Gasteiger partial charge < -0.3 is 33.2 Å². The molecular weight excluding hydrogens is 608 g/mol. The number of rotatable bonds is 8. The van der Waals surface area contributed by atoms with Crippen molar-refractivity contribution in [2.45, 2.75) is 111 Å². The summed E-state index contributed by atoms with van der Waals surface area (Å²) in [7, 11) is 1.31. The zero-order chi connectivity index (χ0) is 34.6. The predicted octanol–water partition coefficient (Wildman–Crippen LogP) is 4.82. The van der Waals surface area contributed by atoms with Crippen molar-refractivity contribution in [3.63, 3.8) is 0 Å². The van der Waals surface area contributed by atoms with Gasteiger partial charge in [0.25, 0.3) is 0 Å². The van der Waals surface area contributed by atoms with Gasteiger partial charge in [0.15, 0.2) is 0 Å². The predicted molar refractivity (Wildman–Crippen MR) is 167 cm³/mol. The zero-order valence-corrected chi connectivity index (χ0v) is 28.8. The van der Waals surface area contributed by atoms with Crippen LogP contribution in [0.25, 0.3) is 0 Å². The summed E-state index contributed by atoms with van der Waals surface area (Å²) in [6, 6.07) is 1.86. The van der Waals surface area contributed by atoms with E-state index in [0.717, 1.165) is 11.1 Å². The molecule has 1 N–H and O–H groups in total. The quantitative estimate of drug-likeness (QED) is 0.178. The molecule has 1 aromatic rings. The number of aliphatic hydroxyl groups is 1. The molecule has 5 rings (SSSR count). The maximum Gasteiger partial charge on any atom is 0.333 e. The van der Waals surface area contributed by atoms with E-state index in [2.05, 4.69) is 0 Å². The van der Waals surface area contributed by atoms with Gasteiger partial charge in [-0.05, 0) is 50.3 Å². The number of hydrogen-bond donors (Lipinski definition) is 1. The fraction of sp³-hybridized carbons (Fsp3) is 0.667. The van der Waals surface area contributed by atoms with Crippen molar-refractivity contribution in [2.75, 3.05) is 13.7 Å². The molecular formula is C36H48O11. The fourth-order valence-corrected chi connectivity index (χ4v) is 9.91. The molecule has 0 radical (unpaired) electrons. The van der Waals surface area contributed by atoms with Crippen LogP contribution < -0.4 is 0 Å². The number of methoxy groups -OCH3 is 1. The van der Waals surface area contributed by atoms with Crippen LogP contribution in [-0.4, -0.2) is 73.2 Å². The summed E-state index contributed by atoms with van der Waals surface area (Å²) in [4.78, 5) is 52.3. The van der Waals surface area contributed by atoms with Crippen molar-refractivity contribution in [2.24, 2.45) is 28.1 Å². The molecule has 0 aromatic carbocycles. The molecule has 1 aliphatic heterocycles. The number of furan rings is 1. The Morgan fingerprint density at radius 1 is 1.02 bits per heavy atom. The number of hydrogen-bond acceptors (Lipinski definition) is 11. The fourth-order valence-electron chi connectivity index (χ4n) is 9.91. The largest absolute Gasteiger partial charge is 0.472 e. The van der Waals surface area contributed by atoms with Crippen molar-refractivity contribution in [3.05, 3.63) is 47.0 Å². The minimum atomic E-state index is -1.21. The van der Waals surface area contributed by atoms with Crippen molar-refractivity contribution in [1.82, 2.24) is 0 Å². The SMILES string of the molecule is C/C=C(\C)C(=O)O[C@@H]1[C@@H]2OC[C@]3(C)[C@H](OC(C)=O)C[C@H](OC(C)=O)[C@@](C)([C@@H]23)[C@@H](CC(=O)OC)[C@]1(C)C1=C(C)C(c2ccoc2)C[C@@H]1O. The highest BCUT2D eigenvalue weighted by Crippen LogP contribution is 2.72. The van der Waals surface area contributed by atoms with E-state index < -0.39 is 82.5 Å². The van der Waals surface area contributed by atoms with Crippen LogP contribution in [0.2, 0.25) is 0 Å². The summed E-state index contributed by atoms with van der Waals surface area (Å²) in [6.45, 7) is 14.1. The van der Waals surface area contributed by atoms with Gasteiger partial charge in [0.1, 0.15) is 18.3 Å². The van der Waals surface area contributed by atoms with Gasteiger partial charge in [0, 0.05) is 60.3 Å². The molecule has 1 aromatic heterocycles. The minimum absolute atomic E-state index is 0.130.